The van der Waals surface area contributed by atoms with Gasteiger partial charge < -0.3 is 15.2 Å². The number of allylic oxidation sites excluding steroid dienone is 2. The first kappa shape index (κ1) is 17.0. The average Bonchev–Trinajstić information content (AvgIpc) is 2.21. The summed E-state index contributed by atoms with van der Waals surface area (Å²) in [7, 11) is 0. The molecular weight excluding hydrogens is 230 g/mol. The highest BCUT2D eigenvalue weighted by Gasteiger charge is 2.24. The van der Waals surface area contributed by atoms with Crippen LogP contribution in [0.4, 0.5) is 4.79 Å². The lowest BCUT2D eigenvalue weighted by molar-refractivity contribution is 0.0369. The van der Waals surface area contributed by atoms with E-state index < -0.39 is 17.8 Å². The molecule has 0 heterocycles. The molecule has 0 spiro atoms. The zero-order valence-corrected chi connectivity index (χ0v) is 12.4. The number of carbonyl (C=O) groups is 1. The summed E-state index contributed by atoms with van der Waals surface area (Å²) in [6, 6.07) is -0.333. The molecule has 0 saturated carbocycles. The molecule has 4 heteroatoms. The van der Waals surface area contributed by atoms with Crippen LogP contribution < -0.4 is 5.32 Å². The highest BCUT2D eigenvalue weighted by atomic mass is 16.6. The molecule has 18 heavy (non-hydrogen) atoms. The van der Waals surface area contributed by atoms with Gasteiger partial charge in [-0.2, -0.15) is 0 Å². The smallest absolute Gasteiger partial charge is 0.407 e. The molecule has 0 aliphatic heterocycles. The van der Waals surface area contributed by atoms with Crippen molar-refractivity contribution in [3.63, 3.8) is 0 Å². The van der Waals surface area contributed by atoms with E-state index in [2.05, 4.69) is 5.32 Å². The van der Waals surface area contributed by atoms with Gasteiger partial charge in [-0.25, -0.2) is 4.79 Å². The molecular formula is C14H27NO3. The lowest BCUT2D eigenvalue weighted by Crippen LogP contribution is -2.45. The number of carbonyl (C=O) groups excluding carboxylic acids is 1. The van der Waals surface area contributed by atoms with Gasteiger partial charge in [0.05, 0.1) is 12.1 Å². The summed E-state index contributed by atoms with van der Waals surface area (Å²) < 4.78 is 5.14. The number of ether oxygens (including phenoxy) is 1. The second-order valence-electron chi connectivity index (χ2n) is 5.71. The van der Waals surface area contributed by atoms with Crippen LogP contribution in [0, 0.1) is 5.92 Å². The molecule has 0 aromatic heterocycles. The van der Waals surface area contributed by atoms with E-state index in [1.807, 2.05) is 46.8 Å². The van der Waals surface area contributed by atoms with Gasteiger partial charge in [0.2, 0.25) is 0 Å². The molecule has 0 unspecified atom stereocenters. The molecule has 0 fully saturated rings. The largest absolute Gasteiger partial charge is 0.444 e. The first-order valence-corrected chi connectivity index (χ1v) is 6.46. The van der Waals surface area contributed by atoms with Crippen molar-refractivity contribution < 1.29 is 14.6 Å². The highest BCUT2D eigenvalue weighted by Crippen LogP contribution is 2.13. The van der Waals surface area contributed by atoms with Crippen LogP contribution in [0.5, 0.6) is 0 Å². The molecule has 3 atom stereocenters. The van der Waals surface area contributed by atoms with Crippen molar-refractivity contribution in [2.45, 2.75) is 65.7 Å². The lowest BCUT2D eigenvalue weighted by atomic mass is 9.95. The first-order chi connectivity index (χ1) is 8.17. The molecule has 0 aromatic carbocycles. The summed E-state index contributed by atoms with van der Waals surface area (Å²) in [5.74, 6) is 0.0890. The van der Waals surface area contributed by atoms with Gasteiger partial charge in [-0.1, -0.05) is 19.1 Å². The Morgan fingerprint density at radius 2 is 1.94 bits per heavy atom. The minimum atomic E-state index is -0.589. The summed E-state index contributed by atoms with van der Waals surface area (Å²) >= 11 is 0. The fraction of sp³-hybridized carbons (Fsp3) is 0.786. The van der Waals surface area contributed by atoms with Crippen LogP contribution in [0.1, 0.15) is 48.0 Å². The number of alkyl carbamates (subject to hydrolysis) is 1. The second kappa shape index (κ2) is 7.41. The van der Waals surface area contributed by atoms with Gasteiger partial charge in [-0.15, -0.1) is 0 Å². The van der Waals surface area contributed by atoms with Crippen molar-refractivity contribution in [3.05, 3.63) is 12.2 Å². The summed E-state index contributed by atoms with van der Waals surface area (Å²) in [5, 5.41) is 12.7. The predicted molar refractivity (Wildman–Crippen MR) is 73.4 cm³/mol. The molecule has 0 bridgehead atoms. The van der Waals surface area contributed by atoms with E-state index in [9.17, 15) is 9.90 Å². The van der Waals surface area contributed by atoms with Gasteiger partial charge in [0, 0.05) is 0 Å². The third-order valence-electron chi connectivity index (χ3n) is 2.58. The molecule has 0 aromatic rings. The Balaban J connectivity index is 4.22. The molecule has 0 saturated heterocycles. The molecule has 106 valence electrons. The third-order valence-corrected chi connectivity index (χ3v) is 2.58. The van der Waals surface area contributed by atoms with Crippen molar-refractivity contribution in [1.82, 2.24) is 5.32 Å². The SMILES string of the molecule is CC=CC[C@@H](C)[C@@H](O)[C@H](C)NC(=O)OC(C)(C)C. The Kier molecular flexibility index (Phi) is 6.99. The predicted octanol–water partition coefficient (Wildman–Crippen LogP) is 2.86. The number of nitrogens with one attached hydrogen (secondary N) is 1. The van der Waals surface area contributed by atoms with E-state index in [1.54, 1.807) is 6.92 Å². The van der Waals surface area contributed by atoms with Crippen molar-refractivity contribution in [1.29, 1.82) is 0 Å². The van der Waals surface area contributed by atoms with Gasteiger partial charge in [-0.05, 0) is 47.0 Å². The molecule has 2 N–H and O–H groups in total. The number of rotatable bonds is 5. The highest BCUT2D eigenvalue weighted by molar-refractivity contribution is 5.68. The molecule has 0 radical (unpaired) electrons. The van der Waals surface area contributed by atoms with E-state index in [-0.39, 0.29) is 12.0 Å². The number of hydrogen-bond donors (Lipinski definition) is 2. The van der Waals surface area contributed by atoms with Crippen molar-refractivity contribution >= 4 is 6.09 Å². The van der Waals surface area contributed by atoms with Crippen LogP contribution in [-0.2, 0) is 4.74 Å². The van der Waals surface area contributed by atoms with E-state index in [1.165, 1.54) is 0 Å². The van der Waals surface area contributed by atoms with Crippen LogP contribution in [0.3, 0.4) is 0 Å². The zero-order valence-electron chi connectivity index (χ0n) is 12.4. The van der Waals surface area contributed by atoms with E-state index in [0.29, 0.717) is 0 Å². The Morgan fingerprint density at radius 3 is 2.39 bits per heavy atom. The Hall–Kier alpha value is -1.03. The van der Waals surface area contributed by atoms with Crippen LogP contribution >= 0.6 is 0 Å². The van der Waals surface area contributed by atoms with E-state index in [0.717, 1.165) is 6.42 Å². The van der Waals surface area contributed by atoms with Gasteiger partial charge in [0.25, 0.3) is 0 Å². The van der Waals surface area contributed by atoms with Crippen molar-refractivity contribution in [2.24, 2.45) is 5.92 Å². The van der Waals surface area contributed by atoms with Crippen LogP contribution in [-0.4, -0.2) is 28.9 Å². The van der Waals surface area contributed by atoms with Crippen molar-refractivity contribution in [3.8, 4) is 0 Å². The third kappa shape index (κ3) is 7.33. The van der Waals surface area contributed by atoms with Gasteiger partial charge in [-0.3, -0.25) is 0 Å². The topological polar surface area (TPSA) is 58.6 Å². The minimum Gasteiger partial charge on any atom is -0.444 e. The minimum absolute atomic E-state index is 0.0890. The normalized spacial score (nSPS) is 17.3. The van der Waals surface area contributed by atoms with Crippen LogP contribution in [0.25, 0.3) is 0 Å². The van der Waals surface area contributed by atoms with Gasteiger partial charge >= 0.3 is 6.09 Å². The number of hydrogen-bond acceptors (Lipinski definition) is 3. The molecule has 1 amide bonds. The summed E-state index contributed by atoms with van der Waals surface area (Å²) in [5.41, 5.74) is -0.522. The maximum atomic E-state index is 11.6. The average molecular weight is 257 g/mol. The monoisotopic (exact) mass is 257 g/mol. The maximum absolute atomic E-state index is 11.6. The molecule has 0 aliphatic carbocycles. The number of amides is 1. The standard InChI is InChI=1S/C14H27NO3/c1-7-8-9-10(2)12(16)11(3)15-13(17)18-14(4,5)6/h7-8,10-12,16H,9H2,1-6H3,(H,15,17)/t10-,11+,12-/m1/s1. The Bertz CT molecular complexity index is 281. The lowest BCUT2D eigenvalue weighted by Gasteiger charge is -2.27. The zero-order chi connectivity index (χ0) is 14.3. The van der Waals surface area contributed by atoms with Crippen LogP contribution in [0.15, 0.2) is 12.2 Å². The Labute approximate surface area is 110 Å². The summed E-state index contributed by atoms with van der Waals surface area (Å²) in [4.78, 5) is 11.6. The maximum Gasteiger partial charge on any atom is 0.407 e. The fourth-order valence-electron chi connectivity index (χ4n) is 1.56. The van der Waals surface area contributed by atoms with Crippen molar-refractivity contribution in [2.75, 3.05) is 0 Å². The summed E-state index contributed by atoms with van der Waals surface area (Å²) in [6.07, 6.45) is 3.67. The number of aliphatic hydroxyl groups excluding tert-OH is 1. The molecule has 4 nitrogen and oxygen atoms in total. The Morgan fingerprint density at radius 1 is 1.39 bits per heavy atom. The van der Waals surface area contributed by atoms with E-state index >= 15 is 0 Å². The van der Waals surface area contributed by atoms with Crippen LogP contribution in [0.2, 0.25) is 0 Å². The fourth-order valence-corrected chi connectivity index (χ4v) is 1.56. The van der Waals surface area contributed by atoms with Gasteiger partial charge in [0.1, 0.15) is 5.60 Å². The summed E-state index contributed by atoms with van der Waals surface area (Å²) in [6.45, 7) is 11.1. The second-order valence-corrected chi connectivity index (χ2v) is 5.71. The van der Waals surface area contributed by atoms with E-state index in [4.69, 9.17) is 4.74 Å². The van der Waals surface area contributed by atoms with Gasteiger partial charge in [0.15, 0.2) is 0 Å². The number of aliphatic hydroxyl groups is 1. The first-order valence-electron chi connectivity index (χ1n) is 6.46. The quantitative estimate of drug-likeness (QED) is 0.745. The molecule has 0 rings (SSSR count). The molecule has 0 aliphatic rings.